The van der Waals surface area contributed by atoms with E-state index in [-0.39, 0.29) is 17.9 Å². The van der Waals surface area contributed by atoms with Crippen molar-refractivity contribution in [3.05, 3.63) is 112 Å². The molecular formula is C30H30F4N6O. The van der Waals surface area contributed by atoms with Gasteiger partial charge < -0.3 is 22.1 Å². The number of halogens is 4. The number of nitrogens with zero attached hydrogens (tertiary/aromatic N) is 2. The fourth-order valence-corrected chi connectivity index (χ4v) is 4.61. The lowest BCUT2D eigenvalue weighted by atomic mass is 9.96. The molecule has 7 nitrogen and oxygen atoms in total. The van der Waals surface area contributed by atoms with Crippen molar-refractivity contribution in [2.24, 2.45) is 17.4 Å². The Morgan fingerprint density at radius 2 is 1.68 bits per heavy atom. The summed E-state index contributed by atoms with van der Waals surface area (Å²) in [4.78, 5) is 13.3. The van der Waals surface area contributed by atoms with E-state index in [9.17, 15) is 18.0 Å². The molecule has 1 amide bonds. The monoisotopic (exact) mass is 566 g/mol. The molecule has 0 aliphatic heterocycles. The Labute approximate surface area is 234 Å². The molecule has 0 bridgehead atoms. The van der Waals surface area contributed by atoms with E-state index in [1.807, 2.05) is 24.3 Å². The number of alkyl halides is 3. The van der Waals surface area contributed by atoms with E-state index in [0.29, 0.717) is 36.2 Å². The van der Waals surface area contributed by atoms with Crippen LogP contribution in [0.2, 0.25) is 0 Å². The van der Waals surface area contributed by atoms with Crippen LogP contribution in [0.15, 0.2) is 72.8 Å². The maximum absolute atomic E-state index is 16.0. The second-order valence-corrected chi connectivity index (χ2v) is 10.1. The molecule has 3 aromatic carbocycles. The third-order valence-corrected chi connectivity index (χ3v) is 7.07. The van der Waals surface area contributed by atoms with Crippen LogP contribution in [0, 0.1) is 11.7 Å². The van der Waals surface area contributed by atoms with Crippen molar-refractivity contribution < 1.29 is 22.4 Å². The van der Waals surface area contributed by atoms with Crippen LogP contribution in [0.1, 0.15) is 57.3 Å². The second kappa shape index (κ2) is 11.8. The third-order valence-electron chi connectivity index (χ3n) is 7.07. The summed E-state index contributed by atoms with van der Waals surface area (Å²) in [6.45, 7) is 1.21. The van der Waals surface area contributed by atoms with Crippen LogP contribution in [0.3, 0.4) is 0 Å². The summed E-state index contributed by atoms with van der Waals surface area (Å²) >= 11 is 0. The van der Waals surface area contributed by atoms with Crippen LogP contribution in [0.25, 0.3) is 5.69 Å². The smallest absolute Gasteiger partial charge is 0.326 e. The summed E-state index contributed by atoms with van der Waals surface area (Å²) in [7, 11) is 0. The second-order valence-electron chi connectivity index (χ2n) is 10.1. The normalized spacial score (nSPS) is 14.2. The van der Waals surface area contributed by atoms with Gasteiger partial charge in [-0.2, -0.15) is 18.3 Å². The zero-order chi connectivity index (χ0) is 29.1. The zero-order valence-corrected chi connectivity index (χ0v) is 22.1. The molecule has 214 valence electrons. The third kappa shape index (κ3) is 6.48. The van der Waals surface area contributed by atoms with E-state index < -0.39 is 35.3 Å². The Bertz CT molecular complexity index is 1530. The Morgan fingerprint density at radius 1 is 0.976 bits per heavy atom. The SMILES string of the molecule is NCc1ccc([C@H](NCC2CC2)c2cccc(NC(=O)c3cc(C(F)(F)F)nn3-c3cccc(CN)c3)c2F)cc1. The average Bonchev–Trinajstić information content (AvgIpc) is 3.68. The van der Waals surface area contributed by atoms with Crippen LogP contribution in [-0.2, 0) is 19.3 Å². The molecule has 0 spiro atoms. The molecule has 1 aliphatic rings. The number of hydrogen-bond donors (Lipinski definition) is 4. The van der Waals surface area contributed by atoms with Crippen molar-refractivity contribution in [1.29, 1.82) is 0 Å². The van der Waals surface area contributed by atoms with Crippen molar-refractivity contribution in [2.45, 2.75) is 38.1 Å². The van der Waals surface area contributed by atoms with Crippen molar-refractivity contribution in [3.8, 4) is 5.69 Å². The molecule has 1 aliphatic carbocycles. The number of nitrogens with two attached hydrogens (primary N) is 2. The van der Waals surface area contributed by atoms with Crippen LogP contribution in [0.5, 0.6) is 0 Å². The molecule has 4 aromatic rings. The molecule has 0 unspecified atom stereocenters. The van der Waals surface area contributed by atoms with E-state index >= 15 is 4.39 Å². The molecule has 1 saturated carbocycles. The van der Waals surface area contributed by atoms with Crippen LogP contribution in [0.4, 0.5) is 23.2 Å². The molecule has 0 saturated heterocycles. The van der Waals surface area contributed by atoms with E-state index in [0.717, 1.165) is 28.7 Å². The van der Waals surface area contributed by atoms with Gasteiger partial charge in [-0.3, -0.25) is 4.79 Å². The number of nitrogens with one attached hydrogen (secondary N) is 2. The average molecular weight is 567 g/mol. The lowest BCUT2D eigenvalue weighted by Crippen LogP contribution is -2.26. The fourth-order valence-electron chi connectivity index (χ4n) is 4.61. The van der Waals surface area contributed by atoms with E-state index in [2.05, 4.69) is 15.7 Å². The van der Waals surface area contributed by atoms with Gasteiger partial charge in [-0.1, -0.05) is 48.5 Å². The summed E-state index contributed by atoms with van der Waals surface area (Å²) in [6.07, 6.45) is -2.59. The maximum atomic E-state index is 16.0. The van der Waals surface area contributed by atoms with Crippen molar-refractivity contribution in [1.82, 2.24) is 15.1 Å². The Morgan fingerprint density at radius 3 is 2.34 bits per heavy atom. The van der Waals surface area contributed by atoms with E-state index in [4.69, 9.17) is 11.5 Å². The van der Waals surface area contributed by atoms with Gasteiger partial charge in [-0.15, -0.1) is 0 Å². The van der Waals surface area contributed by atoms with Crippen LogP contribution in [-0.4, -0.2) is 22.2 Å². The topological polar surface area (TPSA) is 111 Å². The minimum Gasteiger partial charge on any atom is -0.326 e. The highest BCUT2D eigenvalue weighted by atomic mass is 19.4. The number of anilines is 1. The van der Waals surface area contributed by atoms with Gasteiger partial charge in [0.05, 0.1) is 17.4 Å². The number of aromatic nitrogens is 2. The lowest BCUT2D eigenvalue weighted by Gasteiger charge is -2.22. The summed E-state index contributed by atoms with van der Waals surface area (Å²) in [5, 5.41) is 9.53. The maximum Gasteiger partial charge on any atom is 0.435 e. The van der Waals surface area contributed by atoms with Gasteiger partial charge in [0.15, 0.2) is 11.5 Å². The standard InChI is InChI=1S/C30H30F4N6O/c31-27-23(28(37-17-19-7-8-19)21-11-9-18(15-35)10-12-21)5-2-6-24(27)38-29(41)25-14-26(30(32,33)34)39-40(25)22-4-1-3-20(13-22)16-36/h1-6,9-14,19,28,37H,7-8,15-17,35-36H2,(H,38,41)/t28-/m0/s1. The van der Waals surface area contributed by atoms with Crippen LogP contribution < -0.4 is 22.1 Å². The van der Waals surface area contributed by atoms with Gasteiger partial charge >= 0.3 is 6.18 Å². The minimum atomic E-state index is -4.79. The highest BCUT2D eigenvalue weighted by molar-refractivity contribution is 6.03. The van der Waals surface area contributed by atoms with Gasteiger partial charge in [0.25, 0.3) is 5.91 Å². The predicted molar refractivity (Wildman–Crippen MR) is 148 cm³/mol. The lowest BCUT2D eigenvalue weighted by molar-refractivity contribution is -0.141. The molecule has 1 heterocycles. The van der Waals surface area contributed by atoms with Gasteiger partial charge in [0.2, 0.25) is 0 Å². The molecule has 5 rings (SSSR count). The highest BCUT2D eigenvalue weighted by Gasteiger charge is 2.36. The quantitative estimate of drug-likeness (QED) is 0.195. The Hall–Kier alpha value is -4.06. The summed E-state index contributed by atoms with van der Waals surface area (Å²) < 4.78 is 57.6. The fraction of sp³-hybridized carbons (Fsp3) is 0.267. The number of rotatable bonds is 10. The summed E-state index contributed by atoms with van der Waals surface area (Å²) in [5.41, 5.74) is 12.5. The van der Waals surface area contributed by atoms with Crippen molar-refractivity contribution in [2.75, 3.05) is 11.9 Å². The van der Waals surface area contributed by atoms with E-state index in [1.165, 1.54) is 18.2 Å². The van der Waals surface area contributed by atoms with Gasteiger partial charge in [0.1, 0.15) is 5.69 Å². The first kappa shape index (κ1) is 28.5. The molecule has 1 aromatic heterocycles. The molecule has 1 fully saturated rings. The van der Waals surface area contributed by atoms with Gasteiger partial charge in [0, 0.05) is 24.7 Å². The van der Waals surface area contributed by atoms with Gasteiger partial charge in [-0.05, 0) is 60.2 Å². The molecular weight excluding hydrogens is 536 g/mol. The first-order chi connectivity index (χ1) is 19.7. The highest BCUT2D eigenvalue weighted by Crippen LogP contribution is 2.33. The van der Waals surface area contributed by atoms with Crippen molar-refractivity contribution >= 4 is 11.6 Å². The number of amides is 1. The summed E-state index contributed by atoms with van der Waals surface area (Å²) in [5.74, 6) is -1.12. The number of hydrogen-bond acceptors (Lipinski definition) is 5. The molecule has 41 heavy (non-hydrogen) atoms. The Kier molecular flexibility index (Phi) is 8.20. The van der Waals surface area contributed by atoms with Crippen molar-refractivity contribution in [3.63, 3.8) is 0 Å². The Balaban J connectivity index is 1.48. The number of benzene rings is 3. The molecule has 0 radical (unpaired) electrons. The molecule has 1 atom stereocenters. The summed E-state index contributed by atoms with van der Waals surface area (Å²) in [6, 6.07) is 18.6. The zero-order valence-electron chi connectivity index (χ0n) is 22.1. The van der Waals surface area contributed by atoms with Gasteiger partial charge in [-0.25, -0.2) is 9.07 Å². The number of carbonyl (C=O) groups excluding carboxylic acids is 1. The van der Waals surface area contributed by atoms with Crippen LogP contribution >= 0.6 is 0 Å². The predicted octanol–water partition coefficient (Wildman–Crippen LogP) is 5.29. The largest absolute Gasteiger partial charge is 0.435 e. The number of carbonyl (C=O) groups is 1. The first-order valence-corrected chi connectivity index (χ1v) is 13.3. The minimum absolute atomic E-state index is 0.145. The van der Waals surface area contributed by atoms with E-state index in [1.54, 1.807) is 24.3 Å². The molecule has 6 N–H and O–H groups in total. The molecule has 11 heteroatoms. The first-order valence-electron chi connectivity index (χ1n) is 13.3.